The molecule has 0 radical (unpaired) electrons. The second kappa shape index (κ2) is 8.54. The number of anilines is 1. The highest BCUT2D eigenvalue weighted by Gasteiger charge is 2.31. The third kappa shape index (κ3) is 4.24. The molecule has 0 saturated carbocycles. The lowest BCUT2D eigenvalue weighted by molar-refractivity contribution is -0.147. The molecule has 7 heteroatoms. The average molecular weight is 384 g/mol. The molecule has 28 heavy (non-hydrogen) atoms. The van der Waals surface area contributed by atoms with E-state index in [-0.39, 0.29) is 17.7 Å². The van der Waals surface area contributed by atoms with E-state index in [4.69, 9.17) is 4.74 Å². The summed E-state index contributed by atoms with van der Waals surface area (Å²) in [6, 6.07) is 7.37. The summed E-state index contributed by atoms with van der Waals surface area (Å²) in [5.74, 6) is 0.0824. The van der Waals surface area contributed by atoms with Crippen molar-refractivity contribution < 1.29 is 14.3 Å². The summed E-state index contributed by atoms with van der Waals surface area (Å²) in [6.07, 6.45) is 1.40. The van der Waals surface area contributed by atoms with Gasteiger partial charge in [-0.25, -0.2) is 14.8 Å². The zero-order valence-electron chi connectivity index (χ0n) is 16.9. The Morgan fingerprint density at radius 1 is 1.18 bits per heavy atom. The SMILES string of the molecule is COC(=O)[C@@H](NC(=O)C1CCN(c2nc(C)c3ccccc3n2)CC1)C(C)C. The fourth-order valence-corrected chi connectivity index (χ4v) is 3.60. The molecule has 1 N–H and O–H groups in total. The molecule has 1 aromatic carbocycles. The number of nitrogens with zero attached hydrogens (tertiary/aromatic N) is 3. The minimum absolute atomic E-state index is 0.0227. The van der Waals surface area contributed by atoms with Gasteiger partial charge in [0.1, 0.15) is 6.04 Å². The van der Waals surface area contributed by atoms with Crippen molar-refractivity contribution in [2.45, 2.75) is 39.7 Å². The third-order valence-corrected chi connectivity index (χ3v) is 5.35. The fourth-order valence-electron chi connectivity index (χ4n) is 3.60. The number of fused-ring (bicyclic) bond motifs is 1. The van der Waals surface area contributed by atoms with Crippen molar-refractivity contribution in [2.75, 3.05) is 25.1 Å². The molecule has 0 aliphatic carbocycles. The van der Waals surface area contributed by atoms with E-state index in [2.05, 4.69) is 20.2 Å². The van der Waals surface area contributed by atoms with E-state index in [0.717, 1.165) is 16.6 Å². The van der Waals surface area contributed by atoms with Crippen LogP contribution < -0.4 is 10.2 Å². The molecular weight excluding hydrogens is 356 g/mol. The second-order valence-corrected chi connectivity index (χ2v) is 7.64. The number of para-hydroxylation sites is 1. The van der Waals surface area contributed by atoms with E-state index >= 15 is 0 Å². The van der Waals surface area contributed by atoms with Crippen molar-refractivity contribution in [2.24, 2.45) is 11.8 Å². The first kappa shape index (κ1) is 20.0. The summed E-state index contributed by atoms with van der Waals surface area (Å²) in [4.78, 5) is 36.0. The summed E-state index contributed by atoms with van der Waals surface area (Å²) >= 11 is 0. The molecule has 1 fully saturated rings. The van der Waals surface area contributed by atoms with E-state index in [0.29, 0.717) is 31.9 Å². The van der Waals surface area contributed by atoms with Gasteiger partial charge >= 0.3 is 5.97 Å². The molecule has 0 bridgehead atoms. The Bertz CT molecular complexity index is 860. The van der Waals surface area contributed by atoms with Crippen LogP contribution in [0.1, 0.15) is 32.4 Å². The summed E-state index contributed by atoms with van der Waals surface area (Å²) in [7, 11) is 1.34. The normalized spacial score (nSPS) is 16.2. The third-order valence-electron chi connectivity index (χ3n) is 5.35. The number of methoxy groups -OCH3 is 1. The summed E-state index contributed by atoms with van der Waals surface area (Å²) in [5.41, 5.74) is 1.89. The van der Waals surface area contributed by atoms with Crippen LogP contribution in [-0.2, 0) is 14.3 Å². The number of aromatic nitrogens is 2. The smallest absolute Gasteiger partial charge is 0.328 e. The van der Waals surface area contributed by atoms with Gasteiger partial charge in [-0.2, -0.15) is 0 Å². The number of esters is 1. The number of hydrogen-bond acceptors (Lipinski definition) is 6. The summed E-state index contributed by atoms with van der Waals surface area (Å²) in [5, 5.41) is 3.92. The number of nitrogens with one attached hydrogen (secondary N) is 1. The van der Waals surface area contributed by atoms with Gasteiger partial charge in [-0.1, -0.05) is 32.0 Å². The number of piperidine rings is 1. The van der Waals surface area contributed by atoms with Gasteiger partial charge in [0.05, 0.1) is 18.3 Å². The predicted molar refractivity (Wildman–Crippen MR) is 108 cm³/mol. The number of carbonyl (C=O) groups is 2. The van der Waals surface area contributed by atoms with Crippen molar-refractivity contribution in [3.05, 3.63) is 30.0 Å². The fraction of sp³-hybridized carbons (Fsp3) is 0.524. The maximum absolute atomic E-state index is 12.6. The minimum atomic E-state index is -0.609. The molecule has 1 saturated heterocycles. The summed E-state index contributed by atoms with van der Waals surface area (Å²) < 4.78 is 4.80. The molecule has 1 aliphatic rings. The quantitative estimate of drug-likeness (QED) is 0.797. The molecule has 1 amide bonds. The zero-order valence-corrected chi connectivity index (χ0v) is 16.9. The molecule has 3 rings (SSSR count). The molecule has 1 aliphatic heterocycles. The van der Waals surface area contributed by atoms with Crippen LogP contribution in [0.3, 0.4) is 0 Å². The maximum Gasteiger partial charge on any atom is 0.328 e. The van der Waals surface area contributed by atoms with E-state index in [9.17, 15) is 9.59 Å². The molecule has 2 aromatic rings. The minimum Gasteiger partial charge on any atom is -0.467 e. The van der Waals surface area contributed by atoms with E-state index in [1.54, 1.807) is 0 Å². The van der Waals surface area contributed by atoms with Crippen LogP contribution in [0, 0.1) is 18.8 Å². The number of rotatable bonds is 5. The Hall–Kier alpha value is -2.70. The van der Waals surface area contributed by atoms with Gasteiger partial charge in [0.15, 0.2) is 0 Å². The highest BCUT2D eigenvalue weighted by molar-refractivity contribution is 5.86. The Morgan fingerprint density at radius 3 is 2.50 bits per heavy atom. The standard InChI is InChI=1S/C21H28N4O3/c1-13(2)18(20(27)28-4)24-19(26)15-9-11-25(12-10-15)21-22-14(3)16-7-5-6-8-17(16)23-21/h5-8,13,15,18H,9-12H2,1-4H3,(H,24,26)/t18-/m0/s1. The molecule has 0 unspecified atom stereocenters. The molecule has 0 spiro atoms. The lowest BCUT2D eigenvalue weighted by Gasteiger charge is -2.32. The molecular formula is C21H28N4O3. The van der Waals surface area contributed by atoms with Gasteiger partial charge in [-0.3, -0.25) is 4.79 Å². The van der Waals surface area contributed by atoms with Gasteiger partial charge in [-0.15, -0.1) is 0 Å². The largest absolute Gasteiger partial charge is 0.467 e. The Labute approximate surface area is 165 Å². The van der Waals surface area contributed by atoms with Crippen molar-refractivity contribution >= 4 is 28.7 Å². The number of ether oxygens (including phenoxy) is 1. The van der Waals surface area contributed by atoms with Gasteiger partial charge in [-0.05, 0) is 31.7 Å². The molecule has 1 aromatic heterocycles. The monoisotopic (exact) mass is 384 g/mol. The Morgan fingerprint density at radius 2 is 1.86 bits per heavy atom. The van der Waals surface area contributed by atoms with Gasteiger partial charge in [0.25, 0.3) is 0 Å². The number of aryl methyl sites for hydroxylation is 1. The lowest BCUT2D eigenvalue weighted by atomic mass is 9.94. The van der Waals surface area contributed by atoms with E-state index in [1.807, 2.05) is 45.0 Å². The number of benzene rings is 1. The maximum atomic E-state index is 12.6. The van der Waals surface area contributed by atoms with E-state index < -0.39 is 12.0 Å². The predicted octanol–water partition coefficient (Wildman–Crippen LogP) is 2.47. The van der Waals surface area contributed by atoms with Crippen LogP contribution in [0.4, 0.5) is 5.95 Å². The first-order chi connectivity index (χ1) is 13.4. The Balaban J connectivity index is 1.64. The molecule has 2 heterocycles. The first-order valence-electron chi connectivity index (χ1n) is 9.77. The van der Waals surface area contributed by atoms with Gasteiger partial charge in [0, 0.05) is 24.4 Å². The Kier molecular flexibility index (Phi) is 6.11. The first-order valence-corrected chi connectivity index (χ1v) is 9.77. The summed E-state index contributed by atoms with van der Waals surface area (Å²) in [6.45, 7) is 7.20. The zero-order chi connectivity index (χ0) is 20.3. The lowest BCUT2D eigenvalue weighted by Crippen LogP contribution is -2.49. The topological polar surface area (TPSA) is 84.4 Å². The highest BCUT2D eigenvalue weighted by atomic mass is 16.5. The highest BCUT2D eigenvalue weighted by Crippen LogP contribution is 2.24. The number of amides is 1. The molecule has 7 nitrogen and oxygen atoms in total. The number of carbonyl (C=O) groups excluding carboxylic acids is 2. The van der Waals surface area contributed by atoms with Crippen LogP contribution in [0.15, 0.2) is 24.3 Å². The van der Waals surface area contributed by atoms with Crippen molar-refractivity contribution in [3.8, 4) is 0 Å². The van der Waals surface area contributed by atoms with Crippen LogP contribution in [0.2, 0.25) is 0 Å². The van der Waals surface area contributed by atoms with Crippen LogP contribution in [0.25, 0.3) is 10.9 Å². The molecule has 1 atom stereocenters. The van der Waals surface area contributed by atoms with Crippen molar-refractivity contribution in [1.82, 2.24) is 15.3 Å². The van der Waals surface area contributed by atoms with Gasteiger partial charge < -0.3 is 15.0 Å². The molecule has 150 valence electrons. The van der Waals surface area contributed by atoms with E-state index in [1.165, 1.54) is 7.11 Å². The number of hydrogen-bond donors (Lipinski definition) is 1. The van der Waals surface area contributed by atoms with Gasteiger partial charge in [0.2, 0.25) is 11.9 Å². The second-order valence-electron chi connectivity index (χ2n) is 7.64. The van der Waals surface area contributed by atoms with Crippen molar-refractivity contribution in [1.29, 1.82) is 0 Å². The van der Waals surface area contributed by atoms with Crippen LogP contribution in [0.5, 0.6) is 0 Å². The average Bonchev–Trinajstić information content (AvgIpc) is 2.71. The van der Waals surface area contributed by atoms with Crippen LogP contribution in [-0.4, -0.2) is 48.1 Å². The van der Waals surface area contributed by atoms with Crippen molar-refractivity contribution in [3.63, 3.8) is 0 Å². The van der Waals surface area contributed by atoms with Crippen LogP contribution >= 0.6 is 0 Å².